The fraction of sp³-hybridized carbons (Fsp3) is 0.708. The van der Waals surface area contributed by atoms with Gasteiger partial charge in [-0.1, -0.05) is 13.8 Å². The summed E-state index contributed by atoms with van der Waals surface area (Å²) in [5, 5.41) is 27.4. The van der Waals surface area contributed by atoms with Crippen LogP contribution in [0.15, 0.2) is 6.33 Å². The van der Waals surface area contributed by atoms with Crippen molar-refractivity contribution in [3.05, 3.63) is 6.33 Å². The number of hydrogen-bond acceptors (Lipinski definition) is 14. The van der Waals surface area contributed by atoms with Gasteiger partial charge in [-0.05, 0) is 33.6 Å². The lowest BCUT2D eigenvalue weighted by Gasteiger charge is -2.28. The van der Waals surface area contributed by atoms with Gasteiger partial charge in [0.1, 0.15) is 29.9 Å². The third-order valence-corrected chi connectivity index (χ3v) is 8.33. The summed E-state index contributed by atoms with van der Waals surface area (Å²) in [4.78, 5) is 37.1. The van der Waals surface area contributed by atoms with E-state index in [1.165, 1.54) is 38.8 Å². The number of nitrogens with two attached hydrogens (primary N) is 1. The first-order valence-electron chi connectivity index (χ1n) is 13.5. The molecule has 2 aromatic rings. The molecule has 1 saturated heterocycles. The van der Waals surface area contributed by atoms with Crippen LogP contribution in [-0.4, -0.2) is 98.5 Å². The number of aliphatic hydroxyl groups is 2. The van der Waals surface area contributed by atoms with E-state index in [9.17, 15) is 24.4 Å². The molecular weight excluding hydrogens is 577 g/mol. The summed E-state index contributed by atoms with van der Waals surface area (Å²) in [6, 6.07) is -2.20. The second kappa shape index (κ2) is 14.0. The first-order chi connectivity index (χ1) is 19.8. The number of carbonyl (C=O) groups is 2. The number of imidazole rings is 1. The van der Waals surface area contributed by atoms with E-state index in [0.717, 1.165) is 0 Å². The zero-order chi connectivity index (χ0) is 31.2. The van der Waals surface area contributed by atoms with Crippen LogP contribution in [0.2, 0.25) is 0 Å². The molecule has 0 bridgehead atoms. The lowest BCUT2D eigenvalue weighted by atomic mass is 9.96. The molecule has 2 aromatic heterocycles. The Bertz CT molecular complexity index is 1260. The van der Waals surface area contributed by atoms with Crippen molar-refractivity contribution in [2.24, 2.45) is 0 Å². The highest BCUT2D eigenvalue weighted by molar-refractivity contribution is 7.54. The predicted octanol–water partition coefficient (Wildman–Crippen LogP) is 0.414. The fourth-order valence-electron chi connectivity index (χ4n) is 4.16. The molecule has 0 amide bonds. The van der Waals surface area contributed by atoms with Gasteiger partial charge in [0.15, 0.2) is 17.4 Å². The summed E-state index contributed by atoms with van der Waals surface area (Å²) in [5.41, 5.74) is 4.30. The standard InChI is InChI=1S/C24H40N7O10P/c1-7-9-38-20(33)13(3)29-42(36,30-14(4)21(34)39-10-8-2)40-11-15-17(32)24(5,35)22(41-15)31-12-26-16-18(31)27-23(25)28-19(16)37-6/h12-15,17,22,32,35H,7-11H2,1-6H3,(H2,25,27,28)(H2,29,30,36). The molecule has 236 valence electrons. The molecule has 0 aliphatic carbocycles. The molecule has 0 saturated carbocycles. The van der Waals surface area contributed by atoms with Crippen LogP contribution >= 0.6 is 7.67 Å². The van der Waals surface area contributed by atoms with Gasteiger partial charge in [-0.3, -0.25) is 18.7 Å². The molecule has 0 aromatic carbocycles. The molecule has 18 heteroatoms. The zero-order valence-corrected chi connectivity index (χ0v) is 25.4. The second-order valence-corrected chi connectivity index (χ2v) is 11.9. The molecule has 6 unspecified atom stereocenters. The zero-order valence-electron chi connectivity index (χ0n) is 24.5. The van der Waals surface area contributed by atoms with Crippen molar-refractivity contribution in [1.29, 1.82) is 0 Å². The van der Waals surface area contributed by atoms with Gasteiger partial charge in [0.05, 0.1) is 33.3 Å². The van der Waals surface area contributed by atoms with Gasteiger partial charge >= 0.3 is 19.6 Å². The number of methoxy groups -OCH3 is 1. The topological polar surface area (TPSA) is 232 Å². The summed E-state index contributed by atoms with van der Waals surface area (Å²) in [6.45, 7) is 7.61. The largest absolute Gasteiger partial charge is 0.479 e. The first-order valence-corrected chi connectivity index (χ1v) is 15.1. The number of aromatic nitrogens is 4. The molecule has 17 nitrogen and oxygen atoms in total. The fourth-order valence-corrected chi connectivity index (χ4v) is 5.97. The number of ether oxygens (including phenoxy) is 4. The van der Waals surface area contributed by atoms with Crippen LogP contribution < -0.4 is 20.6 Å². The van der Waals surface area contributed by atoms with Gasteiger partial charge in [0, 0.05) is 0 Å². The van der Waals surface area contributed by atoms with Crippen molar-refractivity contribution in [3.63, 3.8) is 0 Å². The van der Waals surface area contributed by atoms with Crippen LogP contribution in [-0.2, 0) is 32.9 Å². The van der Waals surface area contributed by atoms with E-state index in [2.05, 4.69) is 25.1 Å². The normalized spacial score (nSPS) is 25.1. The lowest BCUT2D eigenvalue weighted by Crippen LogP contribution is -2.45. The van der Waals surface area contributed by atoms with Crippen molar-refractivity contribution >= 4 is 36.7 Å². The maximum Gasteiger partial charge on any atom is 0.342 e. The van der Waals surface area contributed by atoms with E-state index in [1.807, 2.05) is 13.8 Å². The van der Waals surface area contributed by atoms with Crippen LogP contribution in [0.4, 0.5) is 5.95 Å². The predicted molar refractivity (Wildman–Crippen MR) is 148 cm³/mol. The van der Waals surface area contributed by atoms with Crippen LogP contribution in [0.25, 0.3) is 11.2 Å². The van der Waals surface area contributed by atoms with E-state index < -0.39 is 62.3 Å². The molecular formula is C24H40N7O10P. The molecule has 0 spiro atoms. The number of anilines is 1. The van der Waals surface area contributed by atoms with Crippen LogP contribution in [0.3, 0.4) is 0 Å². The minimum absolute atomic E-state index is 0.102. The van der Waals surface area contributed by atoms with E-state index in [1.54, 1.807) is 0 Å². The summed E-state index contributed by atoms with van der Waals surface area (Å²) < 4.78 is 42.3. The summed E-state index contributed by atoms with van der Waals surface area (Å²) >= 11 is 0. The van der Waals surface area contributed by atoms with Gasteiger partial charge < -0.3 is 39.4 Å². The average molecular weight is 618 g/mol. The molecule has 3 heterocycles. The molecule has 1 aliphatic heterocycles. The minimum atomic E-state index is -4.21. The molecule has 1 fully saturated rings. The third kappa shape index (κ3) is 7.53. The van der Waals surface area contributed by atoms with Gasteiger partial charge in [-0.2, -0.15) is 9.97 Å². The van der Waals surface area contributed by atoms with E-state index >= 15 is 0 Å². The number of rotatable bonds is 15. The Morgan fingerprint density at radius 1 is 1.17 bits per heavy atom. The molecule has 42 heavy (non-hydrogen) atoms. The molecule has 0 radical (unpaired) electrons. The van der Waals surface area contributed by atoms with E-state index in [0.29, 0.717) is 12.8 Å². The number of carbonyl (C=O) groups excluding carboxylic acids is 2. The van der Waals surface area contributed by atoms with E-state index in [4.69, 9.17) is 29.2 Å². The molecule has 6 N–H and O–H groups in total. The SMILES string of the molecule is CCCOC(=O)C(C)NP(=O)(NC(C)C(=O)OCCC)OCC1OC(n2cnc3c(OC)nc(N)nc32)C(C)(O)C1O. The van der Waals surface area contributed by atoms with Crippen molar-refractivity contribution in [2.75, 3.05) is 32.7 Å². The van der Waals surface area contributed by atoms with Crippen molar-refractivity contribution in [3.8, 4) is 5.88 Å². The quantitative estimate of drug-likeness (QED) is 0.135. The van der Waals surface area contributed by atoms with Gasteiger partial charge in [-0.15, -0.1) is 0 Å². The number of esters is 2. The van der Waals surface area contributed by atoms with Gasteiger partial charge in [-0.25, -0.2) is 15.2 Å². The Kier molecular flexibility index (Phi) is 11.2. The number of hydrogen-bond donors (Lipinski definition) is 5. The Balaban J connectivity index is 1.82. The summed E-state index contributed by atoms with van der Waals surface area (Å²) in [6.07, 6.45) is -1.53. The maximum atomic E-state index is 13.9. The monoisotopic (exact) mass is 617 g/mol. The van der Waals surface area contributed by atoms with Crippen molar-refractivity contribution in [2.45, 2.75) is 83.6 Å². The summed E-state index contributed by atoms with van der Waals surface area (Å²) in [5.74, 6) is -1.39. The number of fused-ring (bicyclic) bond motifs is 1. The highest BCUT2D eigenvalue weighted by Gasteiger charge is 2.54. The second-order valence-electron chi connectivity index (χ2n) is 10.00. The first kappa shape index (κ1) is 33.6. The van der Waals surface area contributed by atoms with Crippen molar-refractivity contribution in [1.82, 2.24) is 29.7 Å². The maximum absolute atomic E-state index is 13.9. The van der Waals surface area contributed by atoms with Gasteiger partial charge in [0.2, 0.25) is 11.8 Å². The number of aliphatic hydroxyl groups excluding tert-OH is 1. The third-order valence-electron chi connectivity index (χ3n) is 6.36. The Morgan fingerprint density at radius 2 is 1.74 bits per heavy atom. The number of nitrogens with zero attached hydrogens (tertiary/aromatic N) is 4. The van der Waals surface area contributed by atoms with Crippen LogP contribution in [0.1, 0.15) is 53.7 Å². The highest BCUT2D eigenvalue weighted by Crippen LogP contribution is 2.44. The minimum Gasteiger partial charge on any atom is -0.479 e. The number of nitrogen functional groups attached to an aromatic ring is 1. The smallest absolute Gasteiger partial charge is 0.342 e. The average Bonchev–Trinajstić information content (AvgIpc) is 3.45. The number of nitrogens with one attached hydrogen (secondary N) is 2. The lowest BCUT2D eigenvalue weighted by molar-refractivity contribution is -0.145. The molecule has 6 atom stereocenters. The molecule has 1 aliphatic rings. The van der Waals surface area contributed by atoms with Crippen molar-refractivity contribution < 1.29 is 47.8 Å². The van der Waals surface area contributed by atoms with E-state index in [-0.39, 0.29) is 36.2 Å². The van der Waals surface area contributed by atoms with Crippen LogP contribution in [0, 0.1) is 0 Å². The summed E-state index contributed by atoms with van der Waals surface area (Å²) in [7, 11) is -2.82. The Morgan fingerprint density at radius 3 is 2.26 bits per heavy atom. The highest BCUT2D eigenvalue weighted by atomic mass is 31.2. The van der Waals surface area contributed by atoms with Crippen LogP contribution in [0.5, 0.6) is 5.88 Å². The molecule has 3 rings (SSSR count). The van der Waals surface area contributed by atoms with Gasteiger partial charge in [0.25, 0.3) is 0 Å². The Labute approximate surface area is 243 Å². The Hall–Kier alpha value is -2.92.